The number of halogens is 2. The van der Waals surface area contributed by atoms with Gasteiger partial charge in [0.25, 0.3) is 0 Å². The Morgan fingerprint density at radius 1 is 1.12 bits per heavy atom. The second-order valence-electron chi connectivity index (χ2n) is 6.61. The first-order valence-corrected chi connectivity index (χ1v) is 8.94. The number of hydrogen-bond acceptors (Lipinski definition) is 3. The molecule has 0 saturated heterocycles. The van der Waals surface area contributed by atoms with Gasteiger partial charge in [0.15, 0.2) is 0 Å². The van der Waals surface area contributed by atoms with Crippen LogP contribution in [0, 0.1) is 5.92 Å². The lowest BCUT2D eigenvalue weighted by molar-refractivity contribution is -0.122. The number of nitrogens with zero attached hydrogens (tertiary/aromatic N) is 1. The lowest BCUT2D eigenvalue weighted by Crippen LogP contribution is -2.31. The summed E-state index contributed by atoms with van der Waals surface area (Å²) in [4.78, 5) is 14.4. The number of rotatable bonds is 8. The van der Waals surface area contributed by atoms with Crippen LogP contribution >= 0.6 is 24.8 Å². The lowest BCUT2D eigenvalue weighted by Gasteiger charge is -2.18. The van der Waals surface area contributed by atoms with Gasteiger partial charge in [-0.25, -0.2) is 0 Å². The van der Waals surface area contributed by atoms with Crippen LogP contribution in [0.3, 0.4) is 0 Å². The average molecular weight is 390 g/mol. The van der Waals surface area contributed by atoms with E-state index in [1.807, 2.05) is 0 Å². The van der Waals surface area contributed by atoms with Crippen LogP contribution in [0.2, 0.25) is 0 Å². The van der Waals surface area contributed by atoms with Crippen molar-refractivity contribution in [3.63, 3.8) is 0 Å². The number of nitrogens with two attached hydrogens (primary N) is 1. The van der Waals surface area contributed by atoms with Crippen LogP contribution in [0.1, 0.15) is 50.7 Å². The molecule has 0 heterocycles. The number of benzene rings is 1. The van der Waals surface area contributed by atoms with Gasteiger partial charge in [0.05, 0.1) is 0 Å². The summed E-state index contributed by atoms with van der Waals surface area (Å²) in [5, 5.41) is 3.02. The van der Waals surface area contributed by atoms with Crippen molar-refractivity contribution in [2.75, 3.05) is 13.1 Å². The number of amides is 1. The van der Waals surface area contributed by atoms with Crippen molar-refractivity contribution in [1.29, 1.82) is 0 Å². The van der Waals surface area contributed by atoms with E-state index in [1.165, 1.54) is 5.56 Å². The van der Waals surface area contributed by atoms with Crippen molar-refractivity contribution in [3.05, 3.63) is 35.4 Å². The maximum Gasteiger partial charge on any atom is 0.220 e. The van der Waals surface area contributed by atoms with E-state index >= 15 is 0 Å². The van der Waals surface area contributed by atoms with Gasteiger partial charge in [-0.3, -0.25) is 9.69 Å². The Kier molecular flexibility index (Phi) is 12.1. The topological polar surface area (TPSA) is 58.4 Å². The van der Waals surface area contributed by atoms with Crippen LogP contribution in [0.5, 0.6) is 0 Å². The minimum atomic E-state index is 0. The summed E-state index contributed by atoms with van der Waals surface area (Å²) in [7, 11) is 0. The van der Waals surface area contributed by atoms with Gasteiger partial charge in [-0.15, -0.1) is 24.8 Å². The van der Waals surface area contributed by atoms with E-state index in [2.05, 4.69) is 48.3 Å². The van der Waals surface area contributed by atoms with E-state index in [-0.39, 0.29) is 36.8 Å². The van der Waals surface area contributed by atoms with Crippen LogP contribution < -0.4 is 11.1 Å². The first-order valence-electron chi connectivity index (χ1n) is 8.94. The molecular weight excluding hydrogens is 357 g/mol. The van der Waals surface area contributed by atoms with Gasteiger partial charge in [0.1, 0.15) is 0 Å². The summed E-state index contributed by atoms with van der Waals surface area (Å²) >= 11 is 0. The third-order valence-electron chi connectivity index (χ3n) is 4.98. The summed E-state index contributed by atoms with van der Waals surface area (Å²) in [6.45, 7) is 8.09. The second-order valence-corrected chi connectivity index (χ2v) is 6.61. The Labute approximate surface area is 164 Å². The van der Waals surface area contributed by atoms with Gasteiger partial charge in [-0.05, 0) is 43.0 Å². The summed E-state index contributed by atoms with van der Waals surface area (Å²) in [5.41, 5.74) is 8.50. The predicted octanol–water partition coefficient (Wildman–Crippen LogP) is 3.51. The molecule has 1 aliphatic carbocycles. The molecule has 3 N–H and O–H groups in total. The maximum atomic E-state index is 12.0. The first kappa shape index (κ1) is 24.2. The van der Waals surface area contributed by atoms with Gasteiger partial charge in [0.2, 0.25) is 5.91 Å². The zero-order valence-electron chi connectivity index (χ0n) is 15.4. The molecule has 25 heavy (non-hydrogen) atoms. The smallest absolute Gasteiger partial charge is 0.220 e. The molecule has 2 atom stereocenters. The van der Waals surface area contributed by atoms with Crippen LogP contribution in [-0.4, -0.2) is 29.9 Å². The predicted molar refractivity (Wildman–Crippen MR) is 109 cm³/mol. The number of nitrogens with one attached hydrogen (secondary N) is 1. The minimum Gasteiger partial charge on any atom is -0.352 e. The fourth-order valence-corrected chi connectivity index (χ4v) is 3.30. The Morgan fingerprint density at radius 2 is 1.72 bits per heavy atom. The van der Waals surface area contributed by atoms with Gasteiger partial charge < -0.3 is 11.1 Å². The molecule has 6 heteroatoms. The van der Waals surface area contributed by atoms with E-state index in [0.717, 1.165) is 44.5 Å². The van der Waals surface area contributed by atoms with Crippen molar-refractivity contribution in [3.8, 4) is 0 Å². The molecule has 1 fully saturated rings. The van der Waals surface area contributed by atoms with Crippen LogP contribution in [0.15, 0.2) is 24.3 Å². The third kappa shape index (κ3) is 7.95. The number of carbonyl (C=O) groups excluding carboxylic acids is 1. The highest BCUT2D eigenvalue weighted by molar-refractivity contribution is 5.85. The maximum absolute atomic E-state index is 12.0. The number of hydrogen-bond donors (Lipinski definition) is 2. The third-order valence-corrected chi connectivity index (χ3v) is 4.98. The highest BCUT2D eigenvalue weighted by Crippen LogP contribution is 2.26. The zero-order chi connectivity index (χ0) is 16.7. The van der Waals surface area contributed by atoms with Crippen LogP contribution in [-0.2, 0) is 17.9 Å². The lowest BCUT2D eigenvalue weighted by atomic mass is 10.00. The Hall–Kier alpha value is -0.810. The molecule has 1 aliphatic rings. The van der Waals surface area contributed by atoms with Gasteiger partial charge in [-0.2, -0.15) is 0 Å². The van der Waals surface area contributed by atoms with Crippen molar-refractivity contribution < 1.29 is 4.79 Å². The molecule has 0 bridgehead atoms. The van der Waals surface area contributed by atoms with Crippen molar-refractivity contribution in [1.82, 2.24) is 10.2 Å². The molecule has 1 saturated carbocycles. The Balaban J connectivity index is 0.00000288. The molecule has 1 amide bonds. The number of carbonyl (C=O) groups is 1. The van der Waals surface area contributed by atoms with E-state index in [9.17, 15) is 4.79 Å². The normalized spacial score (nSPS) is 19.2. The van der Waals surface area contributed by atoms with Crippen LogP contribution in [0.25, 0.3) is 0 Å². The summed E-state index contributed by atoms with van der Waals surface area (Å²) in [6, 6.07) is 8.75. The summed E-state index contributed by atoms with van der Waals surface area (Å²) in [5.74, 6) is 0.492. The molecule has 1 aromatic rings. The fraction of sp³-hybridized carbons (Fsp3) is 0.632. The van der Waals surface area contributed by atoms with Crippen molar-refractivity contribution in [2.45, 2.75) is 58.7 Å². The van der Waals surface area contributed by atoms with Crippen LogP contribution in [0.4, 0.5) is 0 Å². The molecule has 0 unspecified atom stereocenters. The zero-order valence-corrected chi connectivity index (χ0v) is 17.0. The highest BCUT2D eigenvalue weighted by Gasteiger charge is 2.25. The SMILES string of the molecule is CCN(CC)Cc1ccc(CNC(=O)C[C@@H]2CCC[C@H]2N)cc1.Cl.Cl. The van der Waals surface area contributed by atoms with E-state index in [4.69, 9.17) is 5.73 Å². The summed E-state index contributed by atoms with van der Waals surface area (Å²) < 4.78 is 0. The molecule has 0 radical (unpaired) electrons. The highest BCUT2D eigenvalue weighted by atomic mass is 35.5. The monoisotopic (exact) mass is 389 g/mol. The fourth-order valence-electron chi connectivity index (χ4n) is 3.30. The molecular formula is C19H33Cl2N3O. The first-order chi connectivity index (χ1) is 11.1. The molecule has 0 aliphatic heterocycles. The van der Waals surface area contributed by atoms with Gasteiger partial charge >= 0.3 is 0 Å². The Bertz CT molecular complexity index is 492. The van der Waals surface area contributed by atoms with Gasteiger partial charge in [0, 0.05) is 25.6 Å². The second kappa shape index (κ2) is 12.5. The molecule has 0 aromatic heterocycles. The minimum absolute atomic E-state index is 0. The Morgan fingerprint density at radius 3 is 2.24 bits per heavy atom. The van der Waals surface area contributed by atoms with E-state index in [1.54, 1.807) is 0 Å². The quantitative estimate of drug-likeness (QED) is 0.714. The molecule has 2 rings (SSSR count). The van der Waals surface area contributed by atoms with E-state index < -0.39 is 0 Å². The average Bonchev–Trinajstić information content (AvgIpc) is 2.96. The largest absolute Gasteiger partial charge is 0.352 e. The molecule has 1 aromatic carbocycles. The van der Waals surface area contributed by atoms with Crippen molar-refractivity contribution >= 4 is 30.7 Å². The standard InChI is InChI=1S/C19H31N3O.2ClH/c1-3-22(4-2)14-16-10-8-15(9-11-16)13-21-19(23)12-17-6-5-7-18(17)20;;/h8-11,17-18H,3-7,12-14,20H2,1-2H3,(H,21,23);2*1H/t17-,18+;;/m0../s1. The van der Waals surface area contributed by atoms with Gasteiger partial charge in [-0.1, -0.05) is 44.5 Å². The van der Waals surface area contributed by atoms with E-state index in [0.29, 0.717) is 18.9 Å². The molecule has 4 nitrogen and oxygen atoms in total. The van der Waals surface area contributed by atoms with Crippen molar-refractivity contribution in [2.24, 2.45) is 11.7 Å². The molecule has 144 valence electrons. The summed E-state index contributed by atoms with van der Waals surface area (Å²) in [6.07, 6.45) is 3.88. The molecule has 0 spiro atoms.